The number of hydrogen-bond acceptors (Lipinski definition) is 16. The number of azo groups is 4. The van der Waals surface area contributed by atoms with E-state index in [0.717, 1.165) is 28.7 Å². The molecule has 0 aliphatic heterocycles. The number of methoxy groups -OCH3 is 1. The van der Waals surface area contributed by atoms with Gasteiger partial charge in [-0.25, -0.2) is 0 Å². The third kappa shape index (κ3) is 9.51. The monoisotopic (exact) mass is 825 g/mol. The molecule has 0 amide bonds. The van der Waals surface area contributed by atoms with Crippen LogP contribution in [0.2, 0.25) is 0 Å². The Bertz CT molecular complexity index is 2920. The lowest BCUT2D eigenvalue weighted by Gasteiger charge is -2.11. The molecular formula is C37H31N9O8S3. The van der Waals surface area contributed by atoms with Crippen molar-refractivity contribution in [1.82, 2.24) is 0 Å². The number of rotatable bonds is 11. The summed E-state index contributed by atoms with van der Waals surface area (Å²) in [5.74, 6) is -0.296. The van der Waals surface area contributed by atoms with E-state index in [9.17, 15) is 31.0 Å². The standard InChI is InChI=1S/C37H31N9O8S3/c1-20-14-25(42-46-36-35(57(51,52)53)16-22-15-34(56(48,49)50)29(38)19-28(22)37(36)47)8-10-30(20)43-41-24-7-11-31(21(2)13-24)44-45-32-12-9-26(18-33(32)54-3)40-39-23-5-4-6-27(55)17-23/h4-19,47,55H,38H2,1-3H3,(H,48,49,50)(H,51,52,53). The van der Waals surface area contributed by atoms with Crippen LogP contribution in [0.4, 0.5) is 51.2 Å². The van der Waals surface area contributed by atoms with Gasteiger partial charge >= 0.3 is 0 Å². The fourth-order valence-electron chi connectivity index (χ4n) is 5.34. The van der Waals surface area contributed by atoms with Gasteiger partial charge in [-0.2, -0.15) is 47.5 Å². The highest BCUT2D eigenvalue weighted by Crippen LogP contribution is 2.43. The molecule has 5 N–H and O–H groups in total. The quantitative estimate of drug-likeness (QED) is 0.0359. The number of thiol groups is 1. The molecule has 0 radical (unpaired) electrons. The summed E-state index contributed by atoms with van der Waals surface area (Å²) in [6.45, 7) is 3.59. The minimum Gasteiger partial charge on any atom is -0.505 e. The van der Waals surface area contributed by atoms with E-state index < -0.39 is 47.2 Å². The Morgan fingerprint density at radius 3 is 1.65 bits per heavy atom. The molecule has 0 aliphatic rings. The molecule has 0 bridgehead atoms. The highest BCUT2D eigenvalue weighted by atomic mass is 32.2. The second kappa shape index (κ2) is 16.3. The number of fused-ring (bicyclic) bond motifs is 1. The molecule has 0 atom stereocenters. The summed E-state index contributed by atoms with van der Waals surface area (Å²) in [5.41, 5.74) is 9.67. The van der Waals surface area contributed by atoms with Gasteiger partial charge in [0.25, 0.3) is 20.2 Å². The highest BCUT2D eigenvalue weighted by Gasteiger charge is 2.24. The summed E-state index contributed by atoms with van der Waals surface area (Å²) in [5, 5.41) is 44.5. The Hall–Kier alpha value is -6.45. The van der Waals surface area contributed by atoms with E-state index in [-0.39, 0.29) is 16.5 Å². The fourth-order valence-corrected chi connectivity index (χ4v) is 6.85. The lowest BCUT2D eigenvalue weighted by atomic mass is 10.1. The van der Waals surface area contributed by atoms with Gasteiger partial charge in [-0.15, -0.1) is 22.9 Å². The van der Waals surface area contributed by atoms with Crippen LogP contribution >= 0.6 is 12.6 Å². The Balaban J connectivity index is 1.18. The first-order valence-electron chi connectivity index (χ1n) is 16.4. The molecule has 0 unspecified atom stereocenters. The molecule has 0 aliphatic carbocycles. The SMILES string of the molecule is COc1cc(N=Nc2cccc(S)c2)ccc1N=Nc1ccc(N=Nc2ccc(N=Nc3c(S(=O)(=O)O)cc4cc(S(=O)(=O)O)c(N)cc4c3O)cc2C)cc1C. The van der Waals surface area contributed by atoms with Gasteiger partial charge in [0.15, 0.2) is 5.75 Å². The van der Waals surface area contributed by atoms with Crippen molar-refractivity contribution in [2.75, 3.05) is 12.8 Å². The fraction of sp³-hybridized carbons (Fsp3) is 0.0811. The van der Waals surface area contributed by atoms with Gasteiger partial charge in [0.1, 0.15) is 26.9 Å². The molecule has 0 heterocycles. The van der Waals surface area contributed by atoms with Crippen molar-refractivity contribution in [2.45, 2.75) is 28.5 Å². The molecule has 6 rings (SSSR count). The number of aromatic hydroxyl groups is 1. The van der Waals surface area contributed by atoms with Crippen LogP contribution in [0.3, 0.4) is 0 Å². The number of hydrogen-bond donors (Lipinski definition) is 5. The predicted octanol–water partition coefficient (Wildman–Crippen LogP) is 11.2. The van der Waals surface area contributed by atoms with Crippen molar-refractivity contribution in [3.8, 4) is 11.5 Å². The molecule has 0 saturated carbocycles. The topological polar surface area (TPSA) is 263 Å². The van der Waals surface area contributed by atoms with Crippen molar-refractivity contribution >= 4 is 94.8 Å². The normalized spacial score (nSPS) is 12.5. The minimum atomic E-state index is -5.00. The zero-order chi connectivity index (χ0) is 41.1. The van der Waals surface area contributed by atoms with Crippen LogP contribution < -0.4 is 10.5 Å². The summed E-state index contributed by atoms with van der Waals surface area (Å²) in [6.07, 6.45) is 0. The van der Waals surface area contributed by atoms with E-state index in [0.29, 0.717) is 45.4 Å². The van der Waals surface area contributed by atoms with Crippen LogP contribution in [0.15, 0.2) is 153 Å². The average molecular weight is 826 g/mol. The zero-order valence-corrected chi connectivity index (χ0v) is 32.6. The number of phenols is 1. The van der Waals surface area contributed by atoms with E-state index in [4.69, 9.17) is 10.5 Å². The second-order valence-corrected chi connectivity index (χ2v) is 15.5. The summed E-state index contributed by atoms with van der Waals surface area (Å²) in [6, 6.07) is 25.2. The molecule has 0 fully saturated rings. The number of benzene rings is 6. The predicted molar refractivity (Wildman–Crippen MR) is 215 cm³/mol. The first-order valence-corrected chi connectivity index (χ1v) is 19.7. The average Bonchev–Trinajstić information content (AvgIpc) is 3.15. The maximum Gasteiger partial charge on any atom is 0.296 e. The number of nitrogens with zero attached hydrogens (tertiary/aromatic N) is 8. The molecular weight excluding hydrogens is 795 g/mol. The summed E-state index contributed by atoms with van der Waals surface area (Å²) in [4.78, 5) is -0.805. The maximum atomic E-state index is 12.2. The van der Waals surface area contributed by atoms with E-state index in [1.54, 1.807) is 61.5 Å². The highest BCUT2D eigenvalue weighted by molar-refractivity contribution is 7.86. The molecule has 17 nitrogen and oxygen atoms in total. The van der Waals surface area contributed by atoms with E-state index in [2.05, 4.69) is 53.5 Å². The van der Waals surface area contributed by atoms with Crippen LogP contribution in [-0.4, -0.2) is 38.2 Å². The Morgan fingerprint density at radius 2 is 1.09 bits per heavy atom. The van der Waals surface area contributed by atoms with Crippen molar-refractivity contribution in [1.29, 1.82) is 0 Å². The largest absolute Gasteiger partial charge is 0.505 e. The van der Waals surface area contributed by atoms with Crippen LogP contribution in [0, 0.1) is 13.8 Å². The molecule has 6 aromatic carbocycles. The first-order chi connectivity index (χ1) is 27.0. The number of aryl methyl sites for hydroxylation is 2. The van der Waals surface area contributed by atoms with Gasteiger partial charge in [0.2, 0.25) is 0 Å². The molecule has 0 aromatic heterocycles. The molecule has 57 heavy (non-hydrogen) atoms. The molecule has 0 spiro atoms. The van der Waals surface area contributed by atoms with Crippen LogP contribution in [-0.2, 0) is 20.2 Å². The van der Waals surface area contributed by atoms with E-state index >= 15 is 0 Å². The number of nitrogen functional groups attached to an aromatic ring is 1. The van der Waals surface area contributed by atoms with Gasteiger partial charge in [0.05, 0.1) is 46.9 Å². The lowest BCUT2D eigenvalue weighted by Crippen LogP contribution is -2.04. The smallest absolute Gasteiger partial charge is 0.296 e. The van der Waals surface area contributed by atoms with Gasteiger partial charge < -0.3 is 15.6 Å². The van der Waals surface area contributed by atoms with Crippen molar-refractivity contribution in [3.05, 3.63) is 108 Å². The number of anilines is 1. The first kappa shape index (κ1) is 40.2. The Morgan fingerprint density at radius 1 is 0.596 bits per heavy atom. The molecule has 20 heteroatoms. The van der Waals surface area contributed by atoms with Crippen LogP contribution in [0.1, 0.15) is 11.1 Å². The number of ether oxygens (including phenoxy) is 1. The van der Waals surface area contributed by atoms with E-state index in [1.165, 1.54) is 13.2 Å². The lowest BCUT2D eigenvalue weighted by molar-refractivity contribution is 0.416. The van der Waals surface area contributed by atoms with Gasteiger partial charge in [-0.3, -0.25) is 9.11 Å². The summed E-state index contributed by atoms with van der Waals surface area (Å²) >= 11 is 4.32. The molecule has 0 saturated heterocycles. The zero-order valence-electron chi connectivity index (χ0n) is 30.0. The Kier molecular flexibility index (Phi) is 11.5. The Labute approximate surface area is 331 Å². The number of phenolic OH excluding ortho intramolecular Hbond substituents is 1. The van der Waals surface area contributed by atoms with Crippen molar-refractivity contribution in [2.24, 2.45) is 40.9 Å². The summed E-state index contributed by atoms with van der Waals surface area (Å²) in [7, 11) is -8.27. The molecule has 290 valence electrons. The van der Waals surface area contributed by atoms with Gasteiger partial charge in [-0.05, 0) is 115 Å². The maximum absolute atomic E-state index is 12.2. The van der Waals surface area contributed by atoms with Crippen molar-refractivity contribution < 1.29 is 35.8 Å². The van der Waals surface area contributed by atoms with Crippen molar-refractivity contribution in [3.63, 3.8) is 0 Å². The third-order valence-electron chi connectivity index (χ3n) is 8.18. The minimum absolute atomic E-state index is 0.110. The second-order valence-electron chi connectivity index (χ2n) is 12.3. The van der Waals surface area contributed by atoms with Crippen LogP contribution in [0.25, 0.3) is 10.8 Å². The molecule has 6 aromatic rings. The summed E-state index contributed by atoms with van der Waals surface area (Å²) < 4.78 is 72.7. The van der Waals surface area contributed by atoms with Gasteiger partial charge in [0, 0.05) is 16.3 Å². The number of nitrogens with two attached hydrogens (primary N) is 1. The van der Waals surface area contributed by atoms with Gasteiger partial charge in [-0.1, -0.05) is 6.07 Å². The van der Waals surface area contributed by atoms with Crippen LogP contribution in [0.5, 0.6) is 11.5 Å². The van der Waals surface area contributed by atoms with E-state index in [1.807, 2.05) is 25.1 Å². The third-order valence-corrected chi connectivity index (χ3v) is 10.2.